The van der Waals surface area contributed by atoms with Crippen molar-refractivity contribution in [3.8, 4) is 0 Å². The van der Waals surface area contributed by atoms with Crippen molar-refractivity contribution in [2.75, 3.05) is 22.4 Å². The van der Waals surface area contributed by atoms with E-state index in [4.69, 9.17) is 0 Å². The van der Waals surface area contributed by atoms with Crippen molar-refractivity contribution in [1.82, 2.24) is 5.32 Å². The highest BCUT2D eigenvalue weighted by Crippen LogP contribution is 2.23. The van der Waals surface area contributed by atoms with E-state index >= 15 is 0 Å². The summed E-state index contributed by atoms with van der Waals surface area (Å²) in [5.41, 5.74) is 2.02. The molecular formula is C22H29N3O4S. The lowest BCUT2D eigenvalue weighted by atomic mass is 10.1. The molecule has 0 spiro atoms. The van der Waals surface area contributed by atoms with Crippen LogP contribution in [0.15, 0.2) is 48.5 Å². The summed E-state index contributed by atoms with van der Waals surface area (Å²) in [4.78, 5) is 25.4. The molecule has 0 aliphatic heterocycles. The molecule has 1 atom stereocenters. The first kappa shape index (κ1) is 23.4. The average molecular weight is 432 g/mol. The molecule has 2 aromatic carbocycles. The van der Waals surface area contributed by atoms with E-state index in [0.717, 1.165) is 16.1 Å². The first-order valence-electron chi connectivity index (χ1n) is 9.75. The highest BCUT2D eigenvalue weighted by atomic mass is 32.2. The molecule has 30 heavy (non-hydrogen) atoms. The molecule has 2 rings (SSSR count). The normalized spacial score (nSPS) is 12.3. The highest BCUT2D eigenvalue weighted by Gasteiger charge is 2.29. The van der Waals surface area contributed by atoms with Crippen molar-refractivity contribution >= 4 is 33.2 Å². The average Bonchev–Trinajstić information content (AvgIpc) is 2.67. The second-order valence-corrected chi connectivity index (χ2v) is 9.57. The zero-order valence-corrected chi connectivity index (χ0v) is 18.8. The molecule has 0 bridgehead atoms. The van der Waals surface area contributed by atoms with Gasteiger partial charge in [-0.15, -0.1) is 0 Å². The van der Waals surface area contributed by atoms with Gasteiger partial charge in [0.1, 0.15) is 6.04 Å². The minimum atomic E-state index is -3.72. The zero-order chi connectivity index (χ0) is 22.5. The quantitative estimate of drug-likeness (QED) is 0.671. The SMILES string of the molecule is Cc1ccc(N([C@@H](C)C(=O)Nc2ccccc2C(=O)NCC(C)C)S(C)(=O)=O)cc1. The van der Waals surface area contributed by atoms with Crippen LogP contribution in [0, 0.1) is 12.8 Å². The number of anilines is 2. The van der Waals surface area contributed by atoms with Gasteiger partial charge in [-0.05, 0) is 44.0 Å². The van der Waals surface area contributed by atoms with Crippen LogP contribution >= 0.6 is 0 Å². The van der Waals surface area contributed by atoms with Gasteiger partial charge in [0.25, 0.3) is 5.91 Å². The Morgan fingerprint density at radius 2 is 1.60 bits per heavy atom. The number of rotatable bonds is 8. The summed E-state index contributed by atoms with van der Waals surface area (Å²) >= 11 is 0. The number of benzene rings is 2. The number of hydrogen-bond acceptors (Lipinski definition) is 4. The Hall–Kier alpha value is -2.87. The van der Waals surface area contributed by atoms with Gasteiger partial charge < -0.3 is 10.6 Å². The van der Waals surface area contributed by atoms with Gasteiger partial charge in [-0.2, -0.15) is 0 Å². The second kappa shape index (κ2) is 9.75. The van der Waals surface area contributed by atoms with Crippen molar-refractivity contribution in [1.29, 1.82) is 0 Å². The first-order valence-corrected chi connectivity index (χ1v) is 11.6. The Bertz CT molecular complexity index is 1000. The van der Waals surface area contributed by atoms with Crippen molar-refractivity contribution in [2.45, 2.75) is 33.7 Å². The van der Waals surface area contributed by atoms with E-state index < -0.39 is 22.0 Å². The van der Waals surface area contributed by atoms with Gasteiger partial charge in [-0.25, -0.2) is 8.42 Å². The summed E-state index contributed by atoms with van der Waals surface area (Å²) in [5, 5.41) is 5.53. The molecular weight excluding hydrogens is 402 g/mol. The van der Waals surface area contributed by atoms with E-state index in [1.807, 2.05) is 20.8 Å². The smallest absolute Gasteiger partial charge is 0.253 e. The van der Waals surface area contributed by atoms with Gasteiger partial charge >= 0.3 is 0 Å². The van der Waals surface area contributed by atoms with Crippen LogP contribution < -0.4 is 14.9 Å². The third-order valence-electron chi connectivity index (χ3n) is 4.48. The molecule has 0 fully saturated rings. The highest BCUT2D eigenvalue weighted by molar-refractivity contribution is 7.92. The predicted molar refractivity (Wildman–Crippen MR) is 120 cm³/mol. The fraction of sp³-hybridized carbons (Fsp3) is 0.364. The third kappa shape index (κ3) is 6.06. The number of amides is 2. The summed E-state index contributed by atoms with van der Waals surface area (Å²) in [6.07, 6.45) is 1.06. The molecule has 0 unspecified atom stereocenters. The number of carbonyl (C=O) groups excluding carboxylic acids is 2. The zero-order valence-electron chi connectivity index (χ0n) is 18.0. The molecule has 0 radical (unpaired) electrons. The number of para-hydroxylation sites is 1. The van der Waals surface area contributed by atoms with Crippen molar-refractivity contribution in [2.24, 2.45) is 5.92 Å². The lowest BCUT2D eigenvalue weighted by Crippen LogP contribution is -2.45. The topological polar surface area (TPSA) is 95.6 Å². The number of aryl methyl sites for hydroxylation is 1. The molecule has 2 amide bonds. The van der Waals surface area contributed by atoms with Gasteiger partial charge in [-0.1, -0.05) is 43.7 Å². The second-order valence-electron chi connectivity index (χ2n) is 7.71. The maximum absolute atomic E-state index is 12.9. The lowest BCUT2D eigenvalue weighted by Gasteiger charge is -2.28. The fourth-order valence-corrected chi connectivity index (χ4v) is 4.09. The maximum atomic E-state index is 12.9. The van der Waals surface area contributed by atoms with Gasteiger partial charge in [0, 0.05) is 6.54 Å². The van der Waals surface area contributed by atoms with E-state index in [2.05, 4.69) is 10.6 Å². The van der Waals surface area contributed by atoms with E-state index in [0.29, 0.717) is 23.5 Å². The summed E-state index contributed by atoms with van der Waals surface area (Å²) in [7, 11) is -3.72. The van der Waals surface area contributed by atoms with Crippen LogP contribution in [0.25, 0.3) is 0 Å². The number of carbonyl (C=O) groups is 2. The predicted octanol–water partition coefficient (Wildman–Crippen LogP) is 3.17. The summed E-state index contributed by atoms with van der Waals surface area (Å²) < 4.78 is 25.9. The molecule has 0 aliphatic carbocycles. The van der Waals surface area contributed by atoms with E-state index in [1.54, 1.807) is 48.5 Å². The molecule has 0 aliphatic rings. The molecule has 0 saturated carbocycles. The van der Waals surface area contributed by atoms with Crippen LogP contribution in [-0.4, -0.2) is 39.1 Å². The number of hydrogen-bond donors (Lipinski definition) is 2. The first-order chi connectivity index (χ1) is 14.0. The van der Waals surface area contributed by atoms with Gasteiger partial charge in [0.05, 0.1) is 23.2 Å². The van der Waals surface area contributed by atoms with Crippen LogP contribution in [0.5, 0.6) is 0 Å². The number of nitrogens with one attached hydrogen (secondary N) is 2. The molecule has 162 valence electrons. The molecule has 7 nitrogen and oxygen atoms in total. The van der Waals surface area contributed by atoms with Crippen LogP contribution in [0.2, 0.25) is 0 Å². The number of nitrogens with zero attached hydrogens (tertiary/aromatic N) is 1. The van der Waals surface area contributed by atoms with Crippen LogP contribution in [0.4, 0.5) is 11.4 Å². The van der Waals surface area contributed by atoms with Crippen molar-refractivity contribution in [3.63, 3.8) is 0 Å². The van der Waals surface area contributed by atoms with Gasteiger partial charge in [0.15, 0.2) is 0 Å². The Balaban J connectivity index is 2.28. The van der Waals surface area contributed by atoms with E-state index in [-0.39, 0.29) is 11.8 Å². The Labute approximate surface area is 178 Å². The molecule has 0 aromatic heterocycles. The monoisotopic (exact) mass is 431 g/mol. The van der Waals surface area contributed by atoms with Crippen LogP contribution in [0.3, 0.4) is 0 Å². The molecule has 2 aromatic rings. The van der Waals surface area contributed by atoms with Crippen LogP contribution in [-0.2, 0) is 14.8 Å². The van der Waals surface area contributed by atoms with Gasteiger partial charge in [0.2, 0.25) is 15.9 Å². The maximum Gasteiger partial charge on any atom is 0.253 e. The minimum Gasteiger partial charge on any atom is -0.352 e. The van der Waals surface area contributed by atoms with E-state index in [9.17, 15) is 18.0 Å². The molecule has 2 N–H and O–H groups in total. The minimum absolute atomic E-state index is 0.286. The van der Waals surface area contributed by atoms with E-state index in [1.165, 1.54) is 6.92 Å². The summed E-state index contributed by atoms with van der Waals surface area (Å²) in [5.74, 6) is -0.551. The fourth-order valence-electron chi connectivity index (χ4n) is 2.92. The van der Waals surface area contributed by atoms with Gasteiger partial charge in [-0.3, -0.25) is 13.9 Å². The standard InChI is InChI=1S/C22H29N3O4S/c1-15(2)14-23-22(27)19-8-6-7-9-20(19)24-21(26)17(4)25(30(5,28)29)18-12-10-16(3)11-13-18/h6-13,15,17H,14H2,1-5H3,(H,23,27)(H,24,26)/t17-/m0/s1. The summed E-state index contributed by atoms with van der Waals surface area (Å²) in [6, 6.07) is 12.5. The molecule has 0 heterocycles. The Morgan fingerprint density at radius 3 is 2.17 bits per heavy atom. The van der Waals surface area contributed by atoms with Crippen molar-refractivity contribution < 1.29 is 18.0 Å². The molecule has 0 saturated heterocycles. The Kier molecular flexibility index (Phi) is 7.61. The summed E-state index contributed by atoms with van der Waals surface area (Å²) in [6.45, 7) is 7.89. The lowest BCUT2D eigenvalue weighted by molar-refractivity contribution is -0.116. The largest absolute Gasteiger partial charge is 0.352 e. The Morgan fingerprint density at radius 1 is 1.00 bits per heavy atom. The third-order valence-corrected chi connectivity index (χ3v) is 5.72. The molecule has 8 heteroatoms. The number of sulfonamides is 1. The van der Waals surface area contributed by atoms with Crippen LogP contribution in [0.1, 0.15) is 36.7 Å². The van der Waals surface area contributed by atoms with Crippen molar-refractivity contribution in [3.05, 3.63) is 59.7 Å².